The zero-order chi connectivity index (χ0) is 10.4. The normalized spacial score (nSPS) is 10.7. The lowest BCUT2D eigenvalue weighted by atomic mass is 10.1. The quantitative estimate of drug-likeness (QED) is 0.689. The highest BCUT2D eigenvalue weighted by atomic mass is 32.2. The number of rotatable bonds is 4. The van der Waals surface area contributed by atoms with Gasteiger partial charge in [-0.05, 0) is 24.3 Å². The van der Waals surface area contributed by atoms with Gasteiger partial charge in [-0.2, -0.15) is 0 Å². The SMILES string of the molecule is C=C(S/C=C\CC)c1ccc(C)cc1. The molecular formula is C13H16S. The summed E-state index contributed by atoms with van der Waals surface area (Å²) in [4.78, 5) is 1.11. The van der Waals surface area contributed by atoms with Gasteiger partial charge in [-0.3, -0.25) is 0 Å². The lowest BCUT2D eigenvalue weighted by molar-refractivity contribution is 1.23. The Morgan fingerprint density at radius 1 is 1.36 bits per heavy atom. The molecule has 1 aromatic carbocycles. The van der Waals surface area contributed by atoms with Crippen molar-refractivity contribution in [1.29, 1.82) is 0 Å². The van der Waals surface area contributed by atoms with Crippen LogP contribution in [0.2, 0.25) is 0 Å². The minimum atomic E-state index is 1.08. The molecule has 0 aromatic heterocycles. The van der Waals surface area contributed by atoms with Gasteiger partial charge in [0, 0.05) is 4.91 Å². The third-order valence-corrected chi connectivity index (χ3v) is 2.76. The van der Waals surface area contributed by atoms with Gasteiger partial charge in [-0.25, -0.2) is 0 Å². The Morgan fingerprint density at radius 2 is 2.00 bits per heavy atom. The molecule has 0 fully saturated rings. The van der Waals surface area contributed by atoms with Crippen LogP contribution in [0.15, 0.2) is 42.3 Å². The van der Waals surface area contributed by atoms with E-state index < -0.39 is 0 Å². The van der Waals surface area contributed by atoms with Gasteiger partial charge in [0.05, 0.1) is 0 Å². The van der Waals surface area contributed by atoms with Crippen LogP contribution in [0.25, 0.3) is 4.91 Å². The molecule has 0 unspecified atom stereocenters. The van der Waals surface area contributed by atoms with Crippen molar-refractivity contribution < 1.29 is 0 Å². The molecule has 0 spiro atoms. The van der Waals surface area contributed by atoms with Gasteiger partial charge >= 0.3 is 0 Å². The number of hydrogen-bond donors (Lipinski definition) is 0. The van der Waals surface area contributed by atoms with E-state index in [2.05, 4.69) is 56.2 Å². The smallest absolute Gasteiger partial charge is 0.0116 e. The average Bonchev–Trinajstić information content (AvgIpc) is 2.19. The summed E-state index contributed by atoms with van der Waals surface area (Å²) in [7, 11) is 0. The third-order valence-electron chi connectivity index (χ3n) is 1.92. The average molecular weight is 204 g/mol. The maximum atomic E-state index is 4.04. The van der Waals surface area contributed by atoms with Crippen LogP contribution in [0.3, 0.4) is 0 Å². The van der Waals surface area contributed by atoms with Gasteiger partial charge in [-0.1, -0.05) is 61.2 Å². The van der Waals surface area contributed by atoms with E-state index in [1.54, 1.807) is 11.8 Å². The van der Waals surface area contributed by atoms with Crippen LogP contribution in [-0.2, 0) is 0 Å². The summed E-state index contributed by atoms with van der Waals surface area (Å²) in [5, 5.41) is 2.10. The summed E-state index contributed by atoms with van der Waals surface area (Å²) in [6, 6.07) is 8.46. The molecule has 0 bridgehead atoms. The lowest BCUT2D eigenvalue weighted by Crippen LogP contribution is -1.77. The number of allylic oxidation sites excluding steroid dienone is 1. The Labute approximate surface area is 90.7 Å². The van der Waals surface area contributed by atoms with Crippen molar-refractivity contribution in [2.24, 2.45) is 0 Å². The second kappa shape index (κ2) is 5.71. The molecule has 14 heavy (non-hydrogen) atoms. The third kappa shape index (κ3) is 3.43. The van der Waals surface area contributed by atoms with Gasteiger partial charge in [0.2, 0.25) is 0 Å². The summed E-state index contributed by atoms with van der Waals surface area (Å²) in [6.45, 7) is 8.26. The van der Waals surface area contributed by atoms with Crippen molar-refractivity contribution in [3.05, 3.63) is 53.5 Å². The Bertz CT molecular complexity index is 320. The molecule has 1 heteroatoms. The van der Waals surface area contributed by atoms with Gasteiger partial charge in [0.25, 0.3) is 0 Å². The van der Waals surface area contributed by atoms with Crippen molar-refractivity contribution >= 4 is 16.7 Å². The highest BCUT2D eigenvalue weighted by Crippen LogP contribution is 2.26. The van der Waals surface area contributed by atoms with Gasteiger partial charge < -0.3 is 0 Å². The molecule has 0 aliphatic rings. The van der Waals surface area contributed by atoms with E-state index in [0.717, 1.165) is 11.3 Å². The van der Waals surface area contributed by atoms with E-state index in [4.69, 9.17) is 0 Å². The Hall–Kier alpha value is -0.950. The van der Waals surface area contributed by atoms with Crippen molar-refractivity contribution in [1.82, 2.24) is 0 Å². The summed E-state index contributed by atoms with van der Waals surface area (Å²) in [5.41, 5.74) is 2.50. The molecule has 0 aliphatic heterocycles. The van der Waals surface area contributed by atoms with E-state index in [0.29, 0.717) is 0 Å². The maximum absolute atomic E-state index is 4.04. The lowest BCUT2D eigenvalue weighted by Gasteiger charge is -2.02. The Kier molecular flexibility index (Phi) is 4.54. The maximum Gasteiger partial charge on any atom is 0.0116 e. The predicted octanol–water partition coefficient (Wildman–Crippen LogP) is 4.62. The first-order valence-electron chi connectivity index (χ1n) is 4.81. The molecule has 0 aliphatic carbocycles. The fraction of sp³-hybridized carbons (Fsp3) is 0.231. The highest BCUT2D eigenvalue weighted by molar-refractivity contribution is 8.10. The molecule has 0 nitrogen and oxygen atoms in total. The largest absolute Gasteiger partial charge is 0.0984 e. The van der Waals surface area contributed by atoms with Crippen molar-refractivity contribution in [3.8, 4) is 0 Å². The van der Waals surface area contributed by atoms with E-state index in [1.165, 1.54) is 11.1 Å². The van der Waals surface area contributed by atoms with E-state index >= 15 is 0 Å². The van der Waals surface area contributed by atoms with Crippen LogP contribution < -0.4 is 0 Å². The second-order valence-electron chi connectivity index (χ2n) is 3.19. The number of hydrogen-bond acceptors (Lipinski definition) is 1. The molecular weight excluding hydrogens is 188 g/mol. The molecule has 74 valence electrons. The van der Waals surface area contributed by atoms with Crippen LogP contribution in [0.4, 0.5) is 0 Å². The molecule has 0 amide bonds. The summed E-state index contributed by atoms with van der Waals surface area (Å²) < 4.78 is 0. The van der Waals surface area contributed by atoms with Crippen LogP contribution in [0.5, 0.6) is 0 Å². The standard InChI is InChI=1S/C13H16S/c1-4-5-10-14-12(3)13-8-6-11(2)7-9-13/h5-10H,3-4H2,1-2H3/b10-5-. The van der Waals surface area contributed by atoms with E-state index in [9.17, 15) is 0 Å². The first-order chi connectivity index (χ1) is 6.74. The molecule has 0 atom stereocenters. The number of aryl methyl sites for hydroxylation is 1. The minimum absolute atomic E-state index is 1.08. The Morgan fingerprint density at radius 3 is 2.57 bits per heavy atom. The molecule has 1 aromatic rings. The highest BCUT2D eigenvalue weighted by Gasteiger charge is 1.96. The minimum Gasteiger partial charge on any atom is -0.0984 e. The van der Waals surface area contributed by atoms with Gasteiger partial charge in [0.15, 0.2) is 0 Å². The first kappa shape index (κ1) is 11.1. The van der Waals surface area contributed by atoms with Gasteiger partial charge in [-0.15, -0.1) is 0 Å². The molecule has 0 N–H and O–H groups in total. The second-order valence-corrected chi connectivity index (χ2v) is 4.19. The summed E-state index contributed by atoms with van der Waals surface area (Å²) >= 11 is 1.68. The predicted molar refractivity (Wildman–Crippen MR) is 67.2 cm³/mol. The molecule has 0 saturated heterocycles. The zero-order valence-corrected chi connectivity index (χ0v) is 9.60. The molecule has 0 radical (unpaired) electrons. The van der Waals surface area contributed by atoms with Crippen molar-refractivity contribution in [2.45, 2.75) is 20.3 Å². The summed E-state index contributed by atoms with van der Waals surface area (Å²) in [6.07, 6.45) is 3.22. The molecule has 0 heterocycles. The fourth-order valence-corrected chi connectivity index (χ4v) is 1.76. The topological polar surface area (TPSA) is 0 Å². The summed E-state index contributed by atoms with van der Waals surface area (Å²) in [5.74, 6) is 0. The monoisotopic (exact) mass is 204 g/mol. The zero-order valence-electron chi connectivity index (χ0n) is 8.79. The van der Waals surface area contributed by atoms with Crippen LogP contribution in [0.1, 0.15) is 24.5 Å². The molecule has 1 rings (SSSR count). The van der Waals surface area contributed by atoms with Crippen molar-refractivity contribution in [2.75, 3.05) is 0 Å². The Balaban J connectivity index is 2.61. The van der Waals surface area contributed by atoms with Crippen LogP contribution in [0, 0.1) is 6.92 Å². The van der Waals surface area contributed by atoms with Gasteiger partial charge in [0.1, 0.15) is 0 Å². The van der Waals surface area contributed by atoms with Crippen molar-refractivity contribution in [3.63, 3.8) is 0 Å². The van der Waals surface area contributed by atoms with Crippen LogP contribution >= 0.6 is 11.8 Å². The fourth-order valence-electron chi connectivity index (χ4n) is 1.03. The first-order valence-corrected chi connectivity index (χ1v) is 5.69. The van der Waals surface area contributed by atoms with Crippen LogP contribution in [-0.4, -0.2) is 0 Å². The van der Waals surface area contributed by atoms with E-state index in [1.807, 2.05) is 0 Å². The molecule has 0 saturated carbocycles. The number of thioether (sulfide) groups is 1. The number of benzene rings is 1. The van der Waals surface area contributed by atoms with E-state index in [-0.39, 0.29) is 0 Å².